The third-order valence-corrected chi connectivity index (χ3v) is 4.75. The average Bonchev–Trinajstić information content (AvgIpc) is 2.95. The molecule has 1 saturated carbocycles. The van der Waals surface area contributed by atoms with Crippen LogP contribution in [-0.2, 0) is 4.79 Å². The first-order valence-corrected chi connectivity index (χ1v) is 8.09. The van der Waals surface area contributed by atoms with Crippen LogP contribution in [0, 0.1) is 11.8 Å². The Labute approximate surface area is 128 Å². The summed E-state index contributed by atoms with van der Waals surface area (Å²) in [6.07, 6.45) is 3.12. The number of aliphatic carboxylic acids is 1. The number of carbonyl (C=O) groups is 2. The Morgan fingerprint density at radius 2 is 2.00 bits per heavy atom. The first kappa shape index (κ1) is 15.9. The molecule has 0 aromatic carbocycles. The number of hydrogen-bond acceptors (Lipinski definition) is 5. The van der Waals surface area contributed by atoms with Crippen LogP contribution in [0.2, 0.25) is 0 Å². The van der Waals surface area contributed by atoms with E-state index in [2.05, 4.69) is 14.9 Å². The van der Waals surface area contributed by atoms with Crippen molar-refractivity contribution >= 4 is 23.4 Å². The quantitative estimate of drug-likeness (QED) is 0.870. The molecule has 1 aliphatic rings. The summed E-state index contributed by atoms with van der Waals surface area (Å²) >= 11 is 1.13. The van der Waals surface area contributed by atoms with Crippen molar-refractivity contribution < 1.29 is 14.7 Å². The highest BCUT2D eigenvalue weighted by Crippen LogP contribution is 2.28. The number of nitrogens with zero attached hydrogens (tertiary/aromatic N) is 2. The summed E-state index contributed by atoms with van der Waals surface area (Å²) in [4.78, 5) is 23.7. The zero-order chi connectivity index (χ0) is 15.4. The Balaban J connectivity index is 1.82. The minimum absolute atomic E-state index is 0.117. The molecule has 2 rings (SSSR count). The number of nitrogens with one attached hydrogen (secondary N) is 1. The highest BCUT2D eigenvalue weighted by molar-refractivity contribution is 7.08. The molecule has 1 aromatic rings. The number of carbonyl (C=O) groups excluding carboxylic acids is 1. The SMILES string of the molecule is CC(C)c1nnsc1C(=O)NCC1CCC(C(=O)O)CC1. The fraction of sp³-hybridized carbons (Fsp3) is 0.714. The monoisotopic (exact) mass is 311 g/mol. The zero-order valence-corrected chi connectivity index (χ0v) is 13.2. The number of hydrogen-bond donors (Lipinski definition) is 2. The van der Waals surface area contributed by atoms with E-state index in [0.717, 1.165) is 30.1 Å². The van der Waals surface area contributed by atoms with Gasteiger partial charge in [-0.1, -0.05) is 18.3 Å². The van der Waals surface area contributed by atoms with Crippen molar-refractivity contribution in [2.24, 2.45) is 11.8 Å². The third kappa shape index (κ3) is 4.00. The summed E-state index contributed by atoms with van der Waals surface area (Å²) in [5.41, 5.74) is 0.743. The Bertz CT molecular complexity index is 507. The van der Waals surface area contributed by atoms with E-state index in [1.165, 1.54) is 0 Å². The highest BCUT2D eigenvalue weighted by atomic mass is 32.1. The van der Waals surface area contributed by atoms with Crippen molar-refractivity contribution in [2.45, 2.75) is 45.4 Å². The van der Waals surface area contributed by atoms with E-state index in [1.807, 2.05) is 13.8 Å². The second-order valence-electron chi connectivity index (χ2n) is 5.91. The van der Waals surface area contributed by atoms with Crippen molar-refractivity contribution in [2.75, 3.05) is 6.54 Å². The van der Waals surface area contributed by atoms with Gasteiger partial charge in [-0.25, -0.2) is 0 Å². The summed E-state index contributed by atoms with van der Waals surface area (Å²) in [5.74, 6) is -0.484. The molecule has 0 aliphatic heterocycles. The molecule has 1 heterocycles. The number of amides is 1. The standard InChI is InChI=1S/C14H21N3O3S/c1-8(2)11-12(21-17-16-11)13(18)15-7-9-3-5-10(6-4-9)14(19)20/h8-10H,3-7H2,1-2H3,(H,15,18)(H,19,20). The average molecular weight is 311 g/mol. The summed E-state index contributed by atoms with van der Waals surface area (Å²) in [6.45, 7) is 4.57. The van der Waals surface area contributed by atoms with Crippen LogP contribution in [0.5, 0.6) is 0 Å². The lowest BCUT2D eigenvalue weighted by molar-refractivity contribution is -0.143. The van der Waals surface area contributed by atoms with Gasteiger partial charge < -0.3 is 10.4 Å². The summed E-state index contributed by atoms with van der Waals surface area (Å²) in [6, 6.07) is 0. The molecule has 1 amide bonds. The lowest BCUT2D eigenvalue weighted by Gasteiger charge is -2.26. The molecule has 7 heteroatoms. The highest BCUT2D eigenvalue weighted by Gasteiger charge is 2.26. The largest absolute Gasteiger partial charge is 0.481 e. The topological polar surface area (TPSA) is 92.2 Å². The first-order chi connectivity index (χ1) is 9.99. The predicted octanol–water partition coefficient (Wildman–Crippen LogP) is 2.28. The molecule has 21 heavy (non-hydrogen) atoms. The molecule has 2 N–H and O–H groups in total. The van der Waals surface area contributed by atoms with Crippen LogP contribution in [0.4, 0.5) is 0 Å². The molecule has 0 radical (unpaired) electrons. The lowest BCUT2D eigenvalue weighted by Crippen LogP contribution is -2.32. The van der Waals surface area contributed by atoms with Crippen LogP contribution in [-0.4, -0.2) is 33.1 Å². The second kappa shape index (κ2) is 6.98. The minimum atomic E-state index is -0.699. The van der Waals surface area contributed by atoms with Gasteiger partial charge >= 0.3 is 5.97 Å². The van der Waals surface area contributed by atoms with Gasteiger partial charge in [-0.3, -0.25) is 9.59 Å². The maximum Gasteiger partial charge on any atom is 0.306 e. The van der Waals surface area contributed by atoms with Crippen molar-refractivity contribution in [3.8, 4) is 0 Å². The molecule has 0 atom stereocenters. The molecule has 0 unspecified atom stereocenters. The molecule has 6 nitrogen and oxygen atoms in total. The number of rotatable bonds is 5. The van der Waals surface area contributed by atoms with Gasteiger partial charge in [0.15, 0.2) is 0 Å². The van der Waals surface area contributed by atoms with Crippen LogP contribution in [0.1, 0.15) is 60.8 Å². The maximum absolute atomic E-state index is 12.2. The zero-order valence-electron chi connectivity index (χ0n) is 12.3. The number of carboxylic acid groups (broad SMARTS) is 1. The summed E-state index contributed by atoms with van der Waals surface area (Å²) in [7, 11) is 0. The Morgan fingerprint density at radius 3 is 2.57 bits per heavy atom. The van der Waals surface area contributed by atoms with Crippen LogP contribution in [0.3, 0.4) is 0 Å². The van der Waals surface area contributed by atoms with E-state index in [4.69, 9.17) is 5.11 Å². The molecular formula is C14H21N3O3S. The summed E-state index contributed by atoms with van der Waals surface area (Å²) in [5, 5.41) is 15.9. The summed E-state index contributed by atoms with van der Waals surface area (Å²) < 4.78 is 3.85. The van der Waals surface area contributed by atoms with Crippen molar-refractivity contribution in [3.05, 3.63) is 10.6 Å². The molecule has 1 fully saturated rings. The van der Waals surface area contributed by atoms with Gasteiger partial charge in [0.2, 0.25) is 0 Å². The Kier molecular flexibility index (Phi) is 5.27. The Morgan fingerprint density at radius 1 is 1.33 bits per heavy atom. The van der Waals surface area contributed by atoms with E-state index in [-0.39, 0.29) is 17.7 Å². The van der Waals surface area contributed by atoms with Gasteiger partial charge in [0.1, 0.15) is 4.88 Å². The van der Waals surface area contributed by atoms with Gasteiger partial charge in [-0.15, -0.1) is 5.10 Å². The molecule has 1 aromatic heterocycles. The third-order valence-electron chi connectivity index (χ3n) is 4.01. The molecular weight excluding hydrogens is 290 g/mol. The van der Waals surface area contributed by atoms with Crippen LogP contribution < -0.4 is 5.32 Å². The fourth-order valence-electron chi connectivity index (χ4n) is 2.66. The Hall–Kier alpha value is -1.50. The number of aromatic nitrogens is 2. The lowest BCUT2D eigenvalue weighted by atomic mass is 9.82. The molecule has 1 aliphatic carbocycles. The van der Waals surface area contributed by atoms with E-state index < -0.39 is 5.97 Å². The van der Waals surface area contributed by atoms with E-state index in [9.17, 15) is 9.59 Å². The molecule has 116 valence electrons. The number of carboxylic acids is 1. The fourth-order valence-corrected chi connectivity index (χ4v) is 3.40. The molecule has 0 saturated heterocycles. The van der Waals surface area contributed by atoms with E-state index in [0.29, 0.717) is 30.2 Å². The van der Waals surface area contributed by atoms with E-state index >= 15 is 0 Å². The van der Waals surface area contributed by atoms with Gasteiger partial charge in [0.05, 0.1) is 11.6 Å². The second-order valence-corrected chi connectivity index (χ2v) is 6.66. The van der Waals surface area contributed by atoms with Gasteiger partial charge in [-0.05, 0) is 49.1 Å². The predicted molar refractivity (Wildman–Crippen MR) is 79.4 cm³/mol. The van der Waals surface area contributed by atoms with Crippen molar-refractivity contribution in [1.29, 1.82) is 0 Å². The smallest absolute Gasteiger partial charge is 0.306 e. The molecule has 0 spiro atoms. The first-order valence-electron chi connectivity index (χ1n) is 7.32. The maximum atomic E-state index is 12.2. The normalized spacial score (nSPS) is 22.2. The molecule has 0 bridgehead atoms. The van der Waals surface area contributed by atoms with Gasteiger partial charge in [-0.2, -0.15) is 0 Å². The van der Waals surface area contributed by atoms with Crippen LogP contribution in [0.25, 0.3) is 0 Å². The minimum Gasteiger partial charge on any atom is -0.481 e. The van der Waals surface area contributed by atoms with Crippen LogP contribution in [0.15, 0.2) is 0 Å². The van der Waals surface area contributed by atoms with E-state index in [1.54, 1.807) is 0 Å². The van der Waals surface area contributed by atoms with Crippen molar-refractivity contribution in [1.82, 2.24) is 14.9 Å². The van der Waals surface area contributed by atoms with Crippen LogP contribution >= 0.6 is 11.5 Å². The van der Waals surface area contributed by atoms with Gasteiger partial charge in [0, 0.05) is 6.54 Å². The van der Waals surface area contributed by atoms with Crippen molar-refractivity contribution in [3.63, 3.8) is 0 Å². The van der Waals surface area contributed by atoms with Gasteiger partial charge in [0.25, 0.3) is 5.91 Å².